The second-order valence-electron chi connectivity index (χ2n) is 3.48. The molecule has 0 aliphatic carbocycles. The van der Waals surface area contributed by atoms with Gasteiger partial charge in [-0.05, 0) is 5.25 Å². The van der Waals surface area contributed by atoms with Crippen LogP contribution < -0.4 is 0 Å². The maximum Gasteiger partial charge on any atom is 0.0229 e. The fraction of sp³-hybridized carbons (Fsp3) is 1.00. The normalized spacial score (nSPS) is 29.5. The van der Waals surface area contributed by atoms with Gasteiger partial charge in [0.15, 0.2) is 0 Å². The second-order valence-corrected chi connectivity index (χ2v) is 8.12. The van der Waals surface area contributed by atoms with Gasteiger partial charge in [-0.2, -0.15) is 47.9 Å². The lowest BCUT2D eigenvalue weighted by Crippen LogP contribution is -2.24. The number of hydrogen-bond acceptors (Lipinski definition) is 4. The van der Waals surface area contributed by atoms with Gasteiger partial charge in [-0.1, -0.05) is 13.8 Å². The molecule has 78 valence electrons. The smallest absolute Gasteiger partial charge is 0.0229 e. The monoisotopic (exact) mass is 254 g/mol. The molecule has 0 amide bonds. The highest BCUT2D eigenvalue weighted by atomic mass is 32.2. The molecule has 1 saturated heterocycles. The van der Waals surface area contributed by atoms with E-state index in [-0.39, 0.29) is 0 Å². The fourth-order valence-corrected chi connectivity index (χ4v) is 5.75. The van der Waals surface area contributed by atoms with Gasteiger partial charge in [0, 0.05) is 33.5 Å². The third kappa shape index (κ3) is 5.14. The van der Waals surface area contributed by atoms with Gasteiger partial charge in [-0.25, -0.2) is 0 Å². The molecule has 0 aromatic heterocycles. The van der Waals surface area contributed by atoms with Crippen LogP contribution in [-0.4, -0.2) is 38.8 Å². The van der Waals surface area contributed by atoms with Crippen LogP contribution in [0, 0.1) is 0 Å². The molecule has 0 spiro atoms. The van der Waals surface area contributed by atoms with Crippen LogP contribution in [0.15, 0.2) is 0 Å². The zero-order valence-corrected chi connectivity index (χ0v) is 11.6. The van der Waals surface area contributed by atoms with Crippen LogP contribution in [-0.2, 0) is 0 Å². The van der Waals surface area contributed by atoms with Crippen LogP contribution in [0.5, 0.6) is 0 Å². The molecule has 4 heteroatoms. The molecule has 0 radical (unpaired) electrons. The van der Waals surface area contributed by atoms with E-state index in [2.05, 4.69) is 61.8 Å². The molecule has 2 unspecified atom stereocenters. The van der Waals surface area contributed by atoms with Gasteiger partial charge in [0.05, 0.1) is 0 Å². The molecular formula is C9H18S4. The molecule has 1 fully saturated rings. The van der Waals surface area contributed by atoms with E-state index in [9.17, 15) is 0 Å². The SMILES string of the molecule is CC(C)SCC1CSC(CS)CS1. The summed E-state index contributed by atoms with van der Waals surface area (Å²) in [6.07, 6.45) is 0. The highest BCUT2D eigenvalue weighted by Gasteiger charge is 2.21. The van der Waals surface area contributed by atoms with Crippen molar-refractivity contribution >= 4 is 47.9 Å². The maximum atomic E-state index is 4.34. The summed E-state index contributed by atoms with van der Waals surface area (Å²) < 4.78 is 0. The predicted molar refractivity (Wildman–Crippen MR) is 73.9 cm³/mol. The van der Waals surface area contributed by atoms with Gasteiger partial charge in [-0.15, -0.1) is 0 Å². The van der Waals surface area contributed by atoms with Crippen LogP contribution in [0.1, 0.15) is 13.8 Å². The van der Waals surface area contributed by atoms with Crippen molar-refractivity contribution in [3.8, 4) is 0 Å². The van der Waals surface area contributed by atoms with E-state index in [4.69, 9.17) is 0 Å². The van der Waals surface area contributed by atoms with Gasteiger partial charge in [0.25, 0.3) is 0 Å². The average molecular weight is 255 g/mol. The van der Waals surface area contributed by atoms with Crippen molar-refractivity contribution in [3.63, 3.8) is 0 Å². The summed E-state index contributed by atoms with van der Waals surface area (Å²) >= 11 is 10.7. The Kier molecular flexibility index (Phi) is 6.53. The van der Waals surface area contributed by atoms with E-state index in [1.165, 1.54) is 17.3 Å². The van der Waals surface area contributed by atoms with Crippen LogP contribution in [0.3, 0.4) is 0 Å². The van der Waals surface area contributed by atoms with Crippen molar-refractivity contribution in [1.29, 1.82) is 0 Å². The van der Waals surface area contributed by atoms with E-state index >= 15 is 0 Å². The Labute approximate surface area is 100 Å². The summed E-state index contributed by atoms with van der Waals surface area (Å²) in [4.78, 5) is 0. The maximum absolute atomic E-state index is 4.34. The highest BCUT2D eigenvalue weighted by molar-refractivity contribution is 8.08. The summed E-state index contributed by atoms with van der Waals surface area (Å²) in [6.45, 7) is 4.56. The first kappa shape index (κ1) is 12.5. The topological polar surface area (TPSA) is 0 Å². The fourth-order valence-electron chi connectivity index (χ4n) is 1.08. The van der Waals surface area contributed by atoms with Gasteiger partial charge >= 0.3 is 0 Å². The van der Waals surface area contributed by atoms with Crippen molar-refractivity contribution in [1.82, 2.24) is 0 Å². The number of rotatable bonds is 4. The summed E-state index contributed by atoms with van der Waals surface area (Å²) in [5.41, 5.74) is 0. The van der Waals surface area contributed by atoms with E-state index < -0.39 is 0 Å². The second kappa shape index (κ2) is 6.81. The zero-order valence-electron chi connectivity index (χ0n) is 8.23. The lowest BCUT2D eigenvalue weighted by molar-refractivity contribution is 1.05. The molecule has 0 N–H and O–H groups in total. The first-order valence-electron chi connectivity index (χ1n) is 4.68. The Balaban J connectivity index is 2.10. The molecule has 2 atom stereocenters. The third-order valence-corrected chi connectivity index (χ3v) is 7.24. The van der Waals surface area contributed by atoms with Crippen molar-refractivity contribution < 1.29 is 0 Å². The quantitative estimate of drug-likeness (QED) is 0.765. The molecule has 1 aliphatic rings. The van der Waals surface area contributed by atoms with Gasteiger partial charge in [-0.3, -0.25) is 0 Å². The van der Waals surface area contributed by atoms with Crippen LogP contribution >= 0.6 is 47.9 Å². The molecule has 0 aromatic carbocycles. The van der Waals surface area contributed by atoms with Crippen molar-refractivity contribution in [2.75, 3.05) is 23.0 Å². The van der Waals surface area contributed by atoms with Crippen LogP contribution in [0.4, 0.5) is 0 Å². The predicted octanol–water partition coefficient (Wildman–Crippen LogP) is 3.28. The van der Waals surface area contributed by atoms with Gasteiger partial charge in [0.2, 0.25) is 0 Å². The average Bonchev–Trinajstić information content (AvgIpc) is 2.15. The molecule has 0 saturated carbocycles. The molecule has 1 heterocycles. The van der Waals surface area contributed by atoms with Crippen molar-refractivity contribution in [2.45, 2.75) is 29.6 Å². The Morgan fingerprint density at radius 1 is 1.31 bits per heavy atom. The largest absolute Gasteiger partial charge is 0.178 e. The lowest BCUT2D eigenvalue weighted by Gasteiger charge is -2.26. The highest BCUT2D eigenvalue weighted by Crippen LogP contribution is 2.32. The minimum absolute atomic E-state index is 0.785. The molecule has 0 aromatic rings. The lowest BCUT2D eigenvalue weighted by atomic mass is 10.5. The Morgan fingerprint density at radius 2 is 1.92 bits per heavy atom. The molecule has 0 nitrogen and oxygen atoms in total. The van der Waals surface area contributed by atoms with Crippen LogP contribution in [0.2, 0.25) is 0 Å². The van der Waals surface area contributed by atoms with E-state index in [0.29, 0.717) is 0 Å². The molecule has 1 aliphatic heterocycles. The molecule has 1 rings (SSSR count). The minimum Gasteiger partial charge on any atom is -0.178 e. The Hall–Kier alpha value is 1.40. The Bertz CT molecular complexity index is 130. The van der Waals surface area contributed by atoms with E-state index in [1.807, 2.05) is 0 Å². The first-order valence-corrected chi connectivity index (χ1v) is 8.46. The molecule has 0 bridgehead atoms. The number of hydrogen-bond donors (Lipinski definition) is 1. The first-order chi connectivity index (χ1) is 6.22. The summed E-state index contributed by atoms with van der Waals surface area (Å²) in [6, 6.07) is 0. The number of thioether (sulfide) groups is 3. The number of thiol groups is 1. The van der Waals surface area contributed by atoms with E-state index in [0.717, 1.165) is 21.5 Å². The van der Waals surface area contributed by atoms with Gasteiger partial charge < -0.3 is 0 Å². The standard InChI is InChI=1S/C9H18S4/c1-7(2)11-5-9-6-12-8(3-10)4-13-9/h7-10H,3-6H2,1-2H3. The van der Waals surface area contributed by atoms with Crippen molar-refractivity contribution in [2.24, 2.45) is 0 Å². The Morgan fingerprint density at radius 3 is 2.38 bits per heavy atom. The summed E-state index contributed by atoms with van der Waals surface area (Å²) in [5, 5.41) is 2.47. The van der Waals surface area contributed by atoms with Gasteiger partial charge in [0.1, 0.15) is 0 Å². The van der Waals surface area contributed by atoms with Crippen LogP contribution in [0.25, 0.3) is 0 Å². The summed E-state index contributed by atoms with van der Waals surface area (Å²) in [5.74, 6) is 5.00. The van der Waals surface area contributed by atoms with E-state index in [1.54, 1.807) is 0 Å². The zero-order chi connectivity index (χ0) is 9.68. The molecular weight excluding hydrogens is 236 g/mol. The third-order valence-electron chi connectivity index (χ3n) is 1.85. The molecule has 13 heavy (non-hydrogen) atoms. The minimum atomic E-state index is 0.785. The van der Waals surface area contributed by atoms with Crippen molar-refractivity contribution in [3.05, 3.63) is 0 Å². The summed E-state index contributed by atoms with van der Waals surface area (Å²) in [7, 11) is 0.